The highest BCUT2D eigenvalue weighted by atomic mass is 32.2. The molecule has 0 spiro atoms. The van der Waals surface area contributed by atoms with Gasteiger partial charge in [-0.05, 0) is 265 Å². The van der Waals surface area contributed by atoms with E-state index in [0.717, 1.165) is 71.5 Å². The van der Waals surface area contributed by atoms with Gasteiger partial charge >= 0.3 is 6.18 Å². The number of aromatic amines is 1. The van der Waals surface area contributed by atoms with E-state index < -0.39 is 103 Å². The Bertz CT molecular complexity index is 7530. The van der Waals surface area contributed by atoms with E-state index in [4.69, 9.17) is 51.1 Å². The van der Waals surface area contributed by atoms with E-state index in [2.05, 4.69) is 110 Å². The molecule has 3 saturated heterocycles. The van der Waals surface area contributed by atoms with Gasteiger partial charge in [0.25, 0.3) is 69.3 Å². The second kappa shape index (κ2) is 46.5. The minimum atomic E-state index is -4.64. The van der Waals surface area contributed by atoms with Crippen LogP contribution in [0, 0.1) is 35.4 Å². The molecule has 4 fully saturated rings. The molecule has 150 heavy (non-hydrogen) atoms. The monoisotopic (exact) mass is 2140 g/mol. The molecular weight excluding hydrogens is 2020 g/mol. The summed E-state index contributed by atoms with van der Waals surface area (Å²) in [5, 5.41) is -1.20. The van der Waals surface area contributed by atoms with Gasteiger partial charge in [0.05, 0.1) is 81.8 Å². The molecule has 12 aromatic rings. The molecule has 1 aromatic carbocycles. The number of rotatable bonds is 29. The van der Waals surface area contributed by atoms with Crippen LogP contribution in [0.4, 0.5) is 52.5 Å². The first-order valence-corrected chi connectivity index (χ1v) is 54.3. The minimum Gasteiger partial charge on any atom is -0.493 e. The molecule has 0 bridgehead atoms. The summed E-state index contributed by atoms with van der Waals surface area (Å²) in [6.07, 6.45) is 6.93. The predicted octanol–water partition coefficient (Wildman–Crippen LogP) is 15.7. The van der Waals surface area contributed by atoms with Gasteiger partial charge in [-0.15, -0.1) is 0 Å². The van der Waals surface area contributed by atoms with Crippen molar-refractivity contribution < 1.29 is 89.4 Å². The first-order valence-electron chi connectivity index (χ1n) is 48.4. The zero-order valence-corrected chi connectivity index (χ0v) is 88.7. The van der Waals surface area contributed by atoms with Gasteiger partial charge in [-0.3, -0.25) is 33.9 Å². The summed E-state index contributed by atoms with van der Waals surface area (Å²) < 4.78 is 190. The Morgan fingerprint density at radius 1 is 0.473 bits per heavy atom. The topological polar surface area (TPSA) is 539 Å². The highest BCUT2D eigenvalue weighted by Crippen LogP contribution is 2.47. The maximum Gasteiger partial charge on any atom is 0.408 e. The number of nitrogen functional groups attached to an aromatic ring is 3. The van der Waals surface area contributed by atoms with Crippen molar-refractivity contribution in [1.82, 2.24) is 73.7 Å². The molecule has 6 atom stereocenters. The van der Waals surface area contributed by atoms with E-state index in [1.807, 2.05) is 87.9 Å². The van der Waals surface area contributed by atoms with Gasteiger partial charge in [-0.25, -0.2) is 71.6 Å². The number of nitrogens with one attached hydrogen (secondary N) is 5. The number of carbonyl (C=O) groups is 4. The molecule has 1 saturated carbocycles. The molecule has 11 aromatic heterocycles. The zero-order chi connectivity index (χ0) is 109. The van der Waals surface area contributed by atoms with Gasteiger partial charge in [0.2, 0.25) is 11.8 Å². The van der Waals surface area contributed by atoms with Crippen molar-refractivity contribution in [2.45, 2.75) is 217 Å². The lowest BCUT2D eigenvalue weighted by Crippen LogP contribution is -2.43. The summed E-state index contributed by atoms with van der Waals surface area (Å²) in [4.78, 5) is 115. The molecule has 0 radical (unpaired) electrons. The molecule has 4 aliphatic rings. The molecule has 11 N–H and O–H groups in total. The van der Waals surface area contributed by atoms with Crippen LogP contribution in [0.5, 0.6) is 23.3 Å². The average molecular weight is 2140 g/mol. The lowest BCUT2D eigenvalue weighted by molar-refractivity contribution is -0.146. The number of ether oxygens (including phenoxy) is 4. The number of halogens is 4. The Morgan fingerprint density at radius 2 is 0.933 bits per heavy atom. The standard InChI is InChI=1S/C26H27F4N5O4S.C26H32N6O4S.C26H31N5O5S.C26H31N5O4S/c1-15(2)14-39-18-12-16(11-17(27)13-18)20-9-8-19(24(32-20)35-10-4-5-21(35)26(28,29)30)25(36)34-40(37,38)23-7-3-6-22(31)33-23;1-16(2)36-22-13-18(11-12-28-22)20-10-9-19(24(29-20)32-15-17(3)14-26(32,4)5)25(33)31-37(34,35)23-8-6-7-21(27)30-23;1-16(2)36-22-11-8-18(14-28-22)20-10-9-19(23(29-20)31-15-17(3)13-26(31,4)5)24(32)30-37(34,35)21-7-6-12-27-25(21)33;1-15(2)35-19-12-18(13-28-14-19)21-11-10-20(25(29-21)24-16(3)8-9-17(24)4)26(32)31-36(33,34)23-7-5-6-22(27)30-23/h3,6-9,11-13,15,21H,4-5,10,14H2,1-2H3,(H2,31,33)(H,34,36);6-13,16-17H,14-15H2,1-5H3,(H2,27,30)(H,31,33);6-12,14,16-17H,13,15H2,1-5H3,(H,27,33)(H,30,32);5-7,10-17,24H,8-9H2,1-4H3,(H2,27,30)(H,31,32)/t21-;;17-;16-,17+,24?/m1.1./s1. The van der Waals surface area contributed by atoms with Gasteiger partial charge in [-0.2, -0.15) is 38.4 Å². The fourth-order valence-corrected chi connectivity index (χ4v) is 22.1. The number of H-pyrrole nitrogens is 1. The quantitative estimate of drug-likeness (QED) is 0.0202. The van der Waals surface area contributed by atoms with Crippen LogP contribution in [-0.4, -0.2) is 180 Å². The number of pyridine rings is 11. The van der Waals surface area contributed by atoms with Crippen LogP contribution in [0.25, 0.3) is 45.0 Å². The smallest absolute Gasteiger partial charge is 0.408 e. The van der Waals surface area contributed by atoms with Gasteiger partial charge in [0, 0.05) is 102 Å². The van der Waals surface area contributed by atoms with E-state index >= 15 is 0 Å². The summed E-state index contributed by atoms with van der Waals surface area (Å²) in [6, 6.07) is 37.9. The molecule has 2 unspecified atom stereocenters. The van der Waals surface area contributed by atoms with E-state index in [1.165, 1.54) is 79.0 Å². The third-order valence-electron chi connectivity index (χ3n) is 24.7. The molecule has 1 aliphatic carbocycles. The molecule has 38 nitrogen and oxygen atoms in total. The van der Waals surface area contributed by atoms with Crippen LogP contribution in [0.3, 0.4) is 0 Å². The number of anilines is 6. The van der Waals surface area contributed by atoms with E-state index in [9.17, 15) is 75.2 Å². The Labute approximate surface area is 868 Å². The Kier molecular flexibility index (Phi) is 34.8. The van der Waals surface area contributed by atoms with Crippen LogP contribution >= 0.6 is 0 Å². The Balaban J connectivity index is 0.000000167. The Morgan fingerprint density at radius 3 is 1.40 bits per heavy atom. The second-order valence-corrected chi connectivity index (χ2v) is 46.1. The maximum atomic E-state index is 14.4. The molecule has 796 valence electrons. The third kappa shape index (κ3) is 28.0. The first kappa shape index (κ1) is 112. The van der Waals surface area contributed by atoms with Crippen LogP contribution in [0.15, 0.2) is 220 Å². The fraction of sp³-hybridized carbons (Fsp3) is 0.375. The lowest BCUT2D eigenvalue weighted by atomic mass is 9.85. The van der Waals surface area contributed by atoms with Gasteiger partial charge in [-0.1, -0.05) is 59.7 Å². The van der Waals surface area contributed by atoms with E-state index in [1.54, 1.807) is 73.3 Å². The molecule has 16 rings (SSSR count). The number of amides is 4. The van der Waals surface area contributed by atoms with Crippen molar-refractivity contribution in [2.75, 3.05) is 58.1 Å². The molecule has 4 amide bonds. The van der Waals surface area contributed by atoms with Crippen molar-refractivity contribution in [3.05, 3.63) is 239 Å². The molecule has 46 heteroatoms. The second-order valence-electron chi connectivity index (χ2n) is 39.6. The van der Waals surface area contributed by atoms with Crippen LogP contribution in [0.2, 0.25) is 0 Å². The largest absolute Gasteiger partial charge is 0.493 e. The SMILES string of the molecule is CC(C)COc1cc(F)cc(-c2ccc(C(=O)NS(=O)(=O)c3cccc(N)n3)c(N3CCC[C@@H]3C(F)(F)F)n2)c1.CC(C)Oc1ccc(-c2ccc(C(=O)NS(=O)(=O)c3ccc[nH]c3=O)c(N3C[C@H](C)CC3(C)C)n2)cn1.CC(C)Oc1cncc(-c2ccc(C(=O)NS(=O)(=O)c3cccc(N)n3)c(C3[C@H](C)CC[C@@H]3C)n2)c1.CC1CN(c2nc(-c3ccnc(OC(C)C)c3)ccc2C(=O)NS(=O)(=O)c2cccc(N)n2)C(C)(C)C1. The van der Waals surface area contributed by atoms with Crippen molar-refractivity contribution >= 4 is 98.6 Å². The number of sulfonamides is 4. The molecule has 14 heterocycles. The van der Waals surface area contributed by atoms with Crippen LogP contribution < -0.4 is 75.3 Å². The number of benzene rings is 1. The lowest BCUT2D eigenvalue weighted by Gasteiger charge is -2.34. The fourth-order valence-electron chi connectivity index (χ4n) is 18.3. The number of aromatic nitrogens is 11. The number of hydrogen-bond acceptors (Lipinski definition) is 33. The number of alkyl halides is 3. The molecular formula is C104H121F4N21O17S4. The van der Waals surface area contributed by atoms with Crippen molar-refractivity contribution in [1.29, 1.82) is 0 Å². The van der Waals surface area contributed by atoms with Gasteiger partial charge < -0.3 is 55.8 Å². The van der Waals surface area contributed by atoms with Gasteiger partial charge in [0.15, 0.2) is 20.0 Å². The highest BCUT2D eigenvalue weighted by Gasteiger charge is 2.49. The van der Waals surface area contributed by atoms with Gasteiger partial charge in [0.1, 0.15) is 58.3 Å². The van der Waals surface area contributed by atoms with Crippen molar-refractivity contribution in [3.63, 3.8) is 0 Å². The molecule has 3 aliphatic heterocycles. The predicted molar refractivity (Wildman–Crippen MR) is 558 cm³/mol. The number of nitrogens with two attached hydrogens (primary N) is 3. The van der Waals surface area contributed by atoms with Crippen LogP contribution in [0.1, 0.15) is 202 Å². The number of nitrogens with zero attached hydrogens (tertiary/aromatic N) is 13. The summed E-state index contributed by atoms with van der Waals surface area (Å²) in [6.45, 7) is 33.7. The summed E-state index contributed by atoms with van der Waals surface area (Å²) in [5.41, 5.74) is 20.3. The normalized spacial score (nSPS) is 17.5. The summed E-state index contributed by atoms with van der Waals surface area (Å²) >= 11 is 0. The first-order chi connectivity index (χ1) is 70.5. The highest BCUT2D eigenvalue weighted by molar-refractivity contribution is 7.91. The van der Waals surface area contributed by atoms with Crippen molar-refractivity contribution in [3.8, 4) is 68.3 Å². The summed E-state index contributed by atoms with van der Waals surface area (Å²) in [7, 11) is -17.4. The van der Waals surface area contributed by atoms with E-state index in [-0.39, 0.29) is 139 Å². The van der Waals surface area contributed by atoms with E-state index in [0.29, 0.717) is 83.5 Å². The minimum absolute atomic E-state index is 0.00181. The number of hydrogen-bond donors (Lipinski definition) is 8. The third-order valence-corrected chi connectivity index (χ3v) is 29.7. The average Bonchev–Trinajstić information content (AvgIpc) is 1.47. The van der Waals surface area contributed by atoms with Crippen molar-refractivity contribution in [2.24, 2.45) is 29.6 Å². The Hall–Kier alpha value is -14.9. The zero-order valence-electron chi connectivity index (χ0n) is 85.5. The van der Waals surface area contributed by atoms with Crippen LogP contribution in [-0.2, 0) is 40.1 Å². The maximum absolute atomic E-state index is 14.4. The number of carbonyl (C=O) groups excluding carboxylic acids is 4. The summed E-state index contributed by atoms with van der Waals surface area (Å²) in [5.74, 6) is -0.729.